The van der Waals surface area contributed by atoms with E-state index in [2.05, 4.69) is 27.1 Å². The van der Waals surface area contributed by atoms with Gasteiger partial charge in [-0.2, -0.15) is 11.8 Å². The van der Waals surface area contributed by atoms with Gasteiger partial charge in [0.2, 0.25) is 0 Å². The summed E-state index contributed by atoms with van der Waals surface area (Å²) in [6.07, 6.45) is 2.07. The fraction of sp³-hybridized carbons (Fsp3) is 0.875. The van der Waals surface area contributed by atoms with Gasteiger partial charge < -0.3 is 10.1 Å². The van der Waals surface area contributed by atoms with Gasteiger partial charge in [0.05, 0.1) is 19.7 Å². The minimum Gasteiger partial charge on any atom is -0.383 e. The van der Waals surface area contributed by atoms with Gasteiger partial charge in [0.1, 0.15) is 0 Å². The van der Waals surface area contributed by atoms with Crippen molar-refractivity contribution in [2.24, 2.45) is 0 Å². The predicted molar refractivity (Wildman–Crippen MR) is 59.8 cm³/mol. The maximum atomic E-state index is 4.93. The predicted octanol–water partition coefficient (Wildman–Crippen LogP) is -0.228. The highest BCUT2D eigenvalue weighted by molar-refractivity contribution is 7.98. The van der Waals surface area contributed by atoms with E-state index in [0.29, 0.717) is 13.2 Å². The molecule has 0 aliphatic carbocycles. The summed E-state index contributed by atoms with van der Waals surface area (Å²) in [6, 6.07) is 0. The van der Waals surface area contributed by atoms with Crippen LogP contribution in [0.4, 0.5) is 0 Å². The lowest BCUT2D eigenvalue weighted by Gasteiger charge is -2.04. The van der Waals surface area contributed by atoms with Crippen molar-refractivity contribution in [2.75, 3.05) is 32.3 Å². The van der Waals surface area contributed by atoms with Crippen LogP contribution in [-0.4, -0.2) is 52.5 Å². The van der Waals surface area contributed by atoms with Gasteiger partial charge in [0.15, 0.2) is 5.82 Å². The normalized spacial score (nSPS) is 10.8. The Balaban J connectivity index is 2.29. The number of nitrogens with one attached hydrogen (secondary N) is 1. The maximum Gasteiger partial charge on any atom is 0.165 e. The Kier molecular flexibility index (Phi) is 6.29. The summed E-state index contributed by atoms with van der Waals surface area (Å²) in [5, 5.41) is 14.7. The summed E-state index contributed by atoms with van der Waals surface area (Å²) in [6.45, 7) is 3.05. The number of nitrogens with zero attached hydrogens (tertiary/aromatic N) is 4. The number of aryl methyl sites for hydroxylation is 1. The van der Waals surface area contributed by atoms with Crippen molar-refractivity contribution >= 4 is 11.8 Å². The standard InChI is InChI=1S/C8H17N5OS/c1-14-5-3-9-7-8-10-11-12-13(8)4-6-15-2/h9H,3-7H2,1-2H3. The average molecular weight is 231 g/mol. The average Bonchev–Trinajstić information content (AvgIpc) is 2.69. The third-order valence-electron chi connectivity index (χ3n) is 1.88. The summed E-state index contributed by atoms with van der Waals surface area (Å²) in [5.41, 5.74) is 0. The number of ether oxygens (including phenoxy) is 1. The fourth-order valence-corrected chi connectivity index (χ4v) is 1.43. The van der Waals surface area contributed by atoms with Crippen molar-refractivity contribution < 1.29 is 4.74 Å². The topological polar surface area (TPSA) is 64.9 Å². The van der Waals surface area contributed by atoms with E-state index < -0.39 is 0 Å². The Morgan fingerprint density at radius 3 is 3.13 bits per heavy atom. The highest BCUT2D eigenvalue weighted by Gasteiger charge is 2.04. The first kappa shape index (κ1) is 12.4. The molecular formula is C8H17N5OS. The van der Waals surface area contributed by atoms with Crippen LogP contribution >= 0.6 is 11.8 Å². The molecule has 0 atom stereocenters. The molecular weight excluding hydrogens is 214 g/mol. The van der Waals surface area contributed by atoms with Crippen molar-refractivity contribution in [1.29, 1.82) is 0 Å². The van der Waals surface area contributed by atoms with Crippen LogP contribution in [0.5, 0.6) is 0 Å². The minimum absolute atomic E-state index is 0.685. The lowest BCUT2D eigenvalue weighted by atomic mass is 10.5. The van der Waals surface area contributed by atoms with E-state index in [-0.39, 0.29) is 0 Å². The van der Waals surface area contributed by atoms with Gasteiger partial charge in [-0.25, -0.2) is 4.68 Å². The number of hydrogen-bond acceptors (Lipinski definition) is 6. The van der Waals surface area contributed by atoms with E-state index in [1.807, 2.05) is 4.68 Å². The number of thioether (sulfide) groups is 1. The number of methoxy groups -OCH3 is 1. The van der Waals surface area contributed by atoms with Gasteiger partial charge in [-0.05, 0) is 16.7 Å². The van der Waals surface area contributed by atoms with Crippen molar-refractivity contribution in [3.8, 4) is 0 Å². The largest absolute Gasteiger partial charge is 0.383 e. The molecule has 1 rings (SSSR count). The molecule has 6 nitrogen and oxygen atoms in total. The molecule has 0 spiro atoms. The SMILES string of the molecule is COCCNCc1nnnn1CCSC. The lowest BCUT2D eigenvalue weighted by molar-refractivity contribution is 0.198. The van der Waals surface area contributed by atoms with Crippen molar-refractivity contribution in [2.45, 2.75) is 13.1 Å². The fourth-order valence-electron chi connectivity index (χ4n) is 1.08. The van der Waals surface area contributed by atoms with Crippen molar-refractivity contribution in [1.82, 2.24) is 25.5 Å². The Bertz CT molecular complexity index is 267. The first-order valence-corrected chi connectivity index (χ1v) is 6.21. The van der Waals surface area contributed by atoms with Gasteiger partial charge in [-0.3, -0.25) is 0 Å². The molecule has 15 heavy (non-hydrogen) atoms. The van der Waals surface area contributed by atoms with E-state index >= 15 is 0 Å². The molecule has 0 saturated heterocycles. The highest BCUT2D eigenvalue weighted by Crippen LogP contribution is 1.96. The van der Waals surface area contributed by atoms with E-state index in [9.17, 15) is 0 Å². The van der Waals surface area contributed by atoms with E-state index in [4.69, 9.17) is 4.74 Å². The lowest BCUT2D eigenvalue weighted by Crippen LogP contribution is -2.21. The summed E-state index contributed by atoms with van der Waals surface area (Å²) in [4.78, 5) is 0. The molecule has 0 fully saturated rings. The van der Waals surface area contributed by atoms with Gasteiger partial charge in [0, 0.05) is 19.4 Å². The van der Waals surface area contributed by atoms with Crippen LogP contribution in [-0.2, 0) is 17.8 Å². The third kappa shape index (κ3) is 4.59. The van der Waals surface area contributed by atoms with Gasteiger partial charge in [-0.1, -0.05) is 0 Å². The van der Waals surface area contributed by atoms with Crippen LogP contribution in [0.25, 0.3) is 0 Å². The smallest absolute Gasteiger partial charge is 0.165 e. The summed E-state index contributed by atoms with van der Waals surface area (Å²) in [5.74, 6) is 1.90. The van der Waals surface area contributed by atoms with Crippen LogP contribution in [0.2, 0.25) is 0 Å². The molecule has 0 aromatic carbocycles. The first-order valence-electron chi connectivity index (χ1n) is 4.82. The Morgan fingerprint density at radius 2 is 2.40 bits per heavy atom. The molecule has 1 N–H and O–H groups in total. The van der Waals surface area contributed by atoms with Crippen LogP contribution in [0.1, 0.15) is 5.82 Å². The van der Waals surface area contributed by atoms with Gasteiger partial charge in [0.25, 0.3) is 0 Å². The van der Waals surface area contributed by atoms with E-state index in [1.54, 1.807) is 18.9 Å². The highest BCUT2D eigenvalue weighted by atomic mass is 32.2. The molecule has 1 aromatic heterocycles. The summed E-state index contributed by atoms with van der Waals surface area (Å²) >= 11 is 1.78. The molecule has 86 valence electrons. The zero-order valence-corrected chi connectivity index (χ0v) is 9.96. The molecule has 7 heteroatoms. The maximum absolute atomic E-state index is 4.93. The molecule has 0 aliphatic heterocycles. The molecule has 1 heterocycles. The van der Waals surface area contributed by atoms with Crippen molar-refractivity contribution in [3.63, 3.8) is 0 Å². The second-order valence-electron chi connectivity index (χ2n) is 2.98. The minimum atomic E-state index is 0.685. The zero-order valence-electron chi connectivity index (χ0n) is 9.14. The van der Waals surface area contributed by atoms with E-state index in [1.165, 1.54) is 0 Å². The van der Waals surface area contributed by atoms with Gasteiger partial charge >= 0.3 is 0 Å². The van der Waals surface area contributed by atoms with Crippen LogP contribution in [0, 0.1) is 0 Å². The molecule has 0 bridgehead atoms. The van der Waals surface area contributed by atoms with Gasteiger partial charge in [-0.15, -0.1) is 5.10 Å². The number of aromatic nitrogens is 4. The Hall–Kier alpha value is -0.660. The monoisotopic (exact) mass is 231 g/mol. The Morgan fingerprint density at radius 1 is 1.53 bits per heavy atom. The molecule has 0 saturated carbocycles. The number of hydrogen-bond donors (Lipinski definition) is 1. The summed E-state index contributed by atoms with van der Waals surface area (Å²) < 4.78 is 6.76. The summed E-state index contributed by atoms with van der Waals surface area (Å²) in [7, 11) is 1.68. The quantitative estimate of drug-likeness (QED) is 0.624. The van der Waals surface area contributed by atoms with Crippen molar-refractivity contribution in [3.05, 3.63) is 5.82 Å². The second kappa shape index (κ2) is 7.61. The van der Waals surface area contributed by atoms with Crippen LogP contribution in [0.15, 0.2) is 0 Å². The molecule has 0 amide bonds. The Labute approximate surface area is 93.8 Å². The zero-order chi connectivity index (χ0) is 10.9. The second-order valence-corrected chi connectivity index (χ2v) is 3.97. The first-order chi connectivity index (χ1) is 7.38. The van der Waals surface area contributed by atoms with Crippen LogP contribution < -0.4 is 5.32 Å². The number of tetrazole rings is 1. The molecule has 0 unspecified atom stereocenters. The van der Waals surface area contributed by atoms with Crippen LogP contribution in [0.3, 0.4) is 0 Å². The molecule has 0 radical (unpaired) electrons. The number of rotatable bonds is 8. The molecule has 1 aromatic rings. The van der Waals surface area contributed by atoms with E-state index in [0.717, 1.165) is 24.7 Å². The third-order valence-corrected chi connectivity index (χ3v) is 2.47. The molecule has 0 aliphatic rings.